The van der Waals surface area contributed by atoms with Crippen molar-refractivity contribution in [2.24, 2.45) is 0 Å². The molecule has 0 bridgehead atoms. The van der Waals surface area contributed by atoms with E-state index in [4.69, 9.17) is 0 Å². The van der Waals surface area contributed by atoms with E-state index in [2.05, 4.69) is 10.3 Å². The van der Waals surface area contributed by atoms with Crippen LogP contribution in [-0.4, -0.2) is 47.8 Å². The largest absolute Gasteiger partial charge is 0.361 e. The number of amides is 1. The molecule has 5 heteroatoms. The Balaban J connectivity index is 1.63. The second-order valence-corrected chi connectivity index (χ2v) is 5.68. The van der Waals surface area contributed by atoms with Gasteiger partial charge in [-0.1, -0.05) is 18.2 Å². The molecule has 2 N–H and O–H groups in total. The van der Waals surface area contributed by atoms with Crippen LogP contribution in [0, 0.1) is 0 Å². The van der Waals surface area contributed by atoms with Crippen LogP contribution < -0.4 is 5.32 Å². The third kappa shape index (κ3) is 2.83. The molecule has 0 unspecified atom stereocenters. The number of hydrogen-bond donors (Lipinski definition) is 2. The van der Waals surface area contributed by atoms with E-state index in [0.717, 1.165) is 29.3 Å². The van der Waals surface area contributed by atoms with Crippen LogP contribution in [0.25, 0.3) is 10.9 Å². The highest BCUT2D eigenvalue weighted by molar-refractivity contribution is 5.89. The Labute approximate surface area is 123 Å². The zero-order valence-corrected chi connectivity index (χ0v) is 12.0. The molecule has 0 radical (unpaired) electrons. The first-order chi connectivity index (χ1) is 10.2. The van der Waals surface area contributed by atoms with Gasteiger partial charge in [-0.25, -0.2) is 0 Å². The number of nitrogens with one attached hydrogen (secondary N) is 2. The number of rotatable bonds is 4. The molecule has 1 aromatic carbocycles. The number of carbonyl (C=O) groups excluding carboxylic acids is 2. The Bertz CT molecular complexity index is 664. The van der Waals surface area contributed by atoms with Crippen molar-refractivity contribution in [3.05, 3.63) is 36.0 Å². The number of aromatic amines is 1. The minimum atomic E-state index is -0.0802. The van der Waals surface area contributed by atoms with Gasteiger partial charge in [-0.2, -0.15) is 0 Å². The molecule has 0 aliphatic carbocycles. The van der Waals surface area contributed by atoms with E-state index in [-0.39, 0.29) is 18.0 Å². The number of aldehydes is 1. The summed E-state index contributed by atoms with van der Waals surface area (Å²) in [4.78, 5) is 28.2. The minimum Gasteiger partial charge on any atom is -0.361 e. The van der Waals surface area contributed by atoms with Crippen LogP contribution in [0.2, 0.25) is 0 Å². The van der Waals surface area contributed by atoms with E-state index >= 15 is 0 Å². The van der Waals surface area contributed by atoms with Gasteiger partial charge in [0.1, 0.15) is 6.29 Å². The molecule has 0 spiro atoms. The first kappa shape index (κ1) is 13.8. The number of benzene rings is 1. The molecule has 1 aromatic heterocycles. The van der Waals surface area contributed by atoms with E-state index in [1.54, 1.807) is 0 Å². The highest BCUT2D eigenvalue weighted by atomic mass is 16.1. The molecular formula is C16H19N3O2. The Kier molecular flexibility index (Phi) is 3.75. The standard InChI is InChI=1S/C16H19N3O2/c1-19-9-12(7-13(19)10-20)18-16(21)6-11-8-17-15-5-3-2-4-14(11)15/h2-5,8,10,12-13,17H,6-7,9H2,1H3,(H,18,21)/t12-,13+/m1/s1. The maximum atomic E-state index is 12.2. The van der Waals surface area contributed by atoms with Gasteiger partial charge >= 0.3 is 0 Å². The number of hydrogen-bond acceptors (Lipinski definition) is 3. The lowest BCUT2D eigenvalue weighted by molar-refractivity contribution is -0.121. The van der Waals surface area contributed by atoms with Crippen LogP contribution in [0.15, 0.2) is 30.5 Å². The third-order valence-corrected chi connectivity index (χ3v) is 4.15. The second-order valence-electron chi connectivity index (χ2n) is 5.68. The second kappa shape index (κ2) is 5.69. The van der Waals surface area contributed by atoms with Gasteiger partial charge in [-0.3, -0.25) is 9.69 Å². The molecule has 2 aromatic rings. The SMILES string of the molecule is CN1C[C@H](NC(=O)Cc2c[nH]c3ccccc23)C[C@H]1C=O. The maximum absolute atomic E-state index is 12.2. The van der Waals surface area contributed by atoms with Gasteiger partial charge in [0, 0.05) is 29.7 Å². The van der Waals surface area contributed by atoms with Gasteiger partial charge < -0.3 is 15.1 Å². The van der Waals surface area contributed by atoms with Crippen molar-refractivity contribution in [1.82, 2.24) is 15.2 Å². The number of nitrogens with zero attached hydrogens (tertiary/aromatic N) is 1. The third-order valence-electron chi connectivity index (χ3n) is 4.15. The lowest BCUT2D eigenvalue weighted by Crippen LogP contribution is -2.37. The van der Waals surface area contributed by atoms with Gasteiger partial charge in [-0.05, 0) is 25.1 Å². The minimum absolute atomic E-state index is 0.00435. The molecule has 1 saturated heterocycles. The first-order valence-corrected chi connectivity index (χ1v) is 7.17. The number of likely N-dealkylation sites (tertiary alicyclic amines) is 1. The Morgan fingerprint density at radius 2 is 2.29 bits per heavy atom. The number of H-pyrrole nitrogens is 1. The van der Waals surface area contributed by atoms with Crippen LogP contribution in [0.5, 0.6) is 0 Å². The molecule has 2 heterocycles. The summed E-state index contributed by atoms with van der Waals surface area (Å²) in [7, 11) is 1.91. The van der Waals surface area contributed by atoms with Gasteiger partial charge in [0.25, 0.3) is 0 Å². The predicted molar refractivity (Wildman–Crippen MR) is 81.0 cm³/mol. The van der Waals surface area contributed by atoms with Crippen LogP contribution in [-0.2, 0) is 16.0 Å². The normalized spacial score (nSPS) is 22.5. The molecule has 1 amide bonds. The topological polar surface area (TPSA) is 65.2 Å². The van der Waals surface area contributed by atoms with E-state index in [0.29, 0.717) is 12.8 Å². The lowest BCUT2D eigenvalue weighted by Gasteiger charge is -2.12. The summed E-state index contributed by atoms with van der Waals surface area (Å²) in [5.74, 6) is 0.00435. The molecule has 1 aliphatic heterocycles. The predicted octanol–water partition coefficient (Wildman–Crippen LogP) is 1.10. The number of para-hydroxylation sites is 1. The number of carbonyl (C=O) groups is 2. The van der Waals surface area contributed by atoms with Crippen LogP contribution in [0.4, 0.5) is 0 Å². The molecule has 5 nitrogen and oxygen atoms in total. The van der Waals surface area contributed by atoms with Gasteiger partial charge in [0.05, 0.1) is 12.5 Å². The Morgan fingerprint density at radius 1 is 1.48 bits per heavy atom. The molecule has 110 valence electrons. The summed E-state index contributed by atoms with van der Waals surface area (Å²) in [6.45, 7) is 0.725. The fourth-order valence-electron chi connectivity index (χ4n) is 3.02. The van der Waals surface area contributed by atoms with Gasteiger partial charge in [0.2, 0.25) is 5.91 Å². The average molecular weight is 285 g/mol. The van der Waals surface area contributed by atoms with Crippen molar-refractivity contribution in [2.45, 2.75) is 24.9 Å². The Morgan fingerprint density at radius 3 is 3.05 bits per heavy atom. The van der Waals surface area contributed by atoms with Crippen molar-refractivity contribution >= 4 is 23.1 Å². The summed E-state index contributed by atoms with van der Waals surface area (Å²) >= 11 is 0. The monoisotopic (exact) mass is 285 g/mol. The van der Waals surface area contributed by atoms with Crippen molar-refractivity contribution in [2.75, 3.05) is 13.6 Å². The molecule has 0 saturated carbocycles. The number of fused-ring (bicyclic) bond motifs is 1. The molecule has 21 heavy (non-hydrogen) atoms. The highest BCUT2D eigenvalue weighted by Crippen LogP contribution is 2.19. The number of likely N-dealkylation sites (N-methyl/N-ethyl adjacent to an activating group) is 1. The molecule has 3 rings (SSSR count). The fourth-order valence-corrected chi connectivity index (χ4v) is 3.02. The smallest absolute Gasteiger partial charge is 0.224 e. The summed E-state index contributed by atoms with van der Waals surface area (Å²) in [5, 5.41) is 4.11. The van der Waals surface area contributed by atoms with Gasteiger partial charge in [-0.15, -0.1) is 0 Å². The molecule has 2 atom stereocenters. The fraction of sp³-hybridized carbons (Fsp3) is 0.375. The van der Waals surface area contributed by atoms with Crippen molar-refractivity contribution in [3.8, 4) is 0 Å². The molecule has 1 fully saturated rings. The number of aromatic nitrogens is 1. The van der Waals surface area contributed by atoms with Crippen LogP contribution >= 0.6 is 0 Å². The lowest BCUT2D eigenvalue weighted by atomic mass is 10.1. The van der Waals surface area contributed by atoms with E-state index in [1.165, 1.54) is 0 Å². The van der Waals surface area contributed by atoms with Crippen LogP contribution in [0.3, 0.4) is 0 Å². The van der Waals surface area contributed by atoms with Crippen molar-refractivity contribution in [1.29, 1.82) is 0 Å². The van der Waals surface area contributed by atoms with E-state index in [9.17, 15) is 9.59 Å². The van der Waals surface area contributed by atoms with Crippen molar-refractivity contribution in [3.63, 3.8) is 0 Å². The van der Waals surface area contributed by atoms with E-state index < -0.39 is 0 Å². The quantitative estimate of drug-likeness (QED) is 0.827. The zero-order valence-electron chi connectivity index (χ0n) is 12.0. The summed E-state index contributed by atoms with van der Waals surface area (Å²) in [6.07, 6.45) is 3.89. The maximum Gasteiger partial charge on any atom is 0.224 e. The zero-order chi connectivity index (χ0) is 14.8. The molecular weight excluding hydrogens is 266 g/mol. The highest BCUT2D eigenvalue weighted by Gasteiger charge is 2.29. The van der Waals surface area contributed by atoms with Crippen molar-refractivity contribution < 1.29 is 9.59 Å². The Hall–Kier alpha value is -2.14. The first-order valence-electron chi connectivity index (χ1n) is 7.17. The summed E-state index contributed by atoms with van der Waals surface area (Å²) in [5.41, 5.74) is 2.04. The summed E-state index contributed by atoms with van der Waals surface area (Å²) in [6, 6.07) is 7.93. The van der Waals surface area contributed by atoms with Gasteiger partial charge in [0.15, 0.2) is 0 Å². The molecule has 1 aliphatic rings. The average Bonchev–Trinajstić information content (AvgIpc) is 3.03. The van der Waals surface area contributed by atoms with Crippen LogP contribution in [0.1, 0.15) is 12.0 Å². The van der Waals surface area contributed by atoms with E-state index in [1.807, 2.05) is 42.4 Å². The summed E-state index contributed by atoms with van der Waals surface area (Å²) < 4.78 is 0.